The van der Waals surface area contributed by atoms with Crippen LogP contribution in [0.4, 0.5) is 0 Å². The van der Waals surface area contributed by atoms with Gasteiger partial charge in [0.05, 0.1) is 5.69 Å². The molecular formula is C26H27N3. The van der Waals surface area contributed by atoms with Gasteiger partial charge in [-0.15, -0.1) is 10.2 Å². The van der Waals surface area contributed by atoms with E-state index < -0.39 is 0 Å². The van der Waals surface area contributed by atoms with Crippen LogP contribution in [0.2, 0.25) is 0 Å². The number of para-hydroxylation sites is 1. The van der Waals surface area contributed by atoms with E-state index >= 15 is 0 Å². The summed E-state index contributed by atoms with van der Waals surface area (Å²) in [6, 6.07) is 25.4. The number of aromatic nitrogens is 3. The first-order chi connectivity index (χ1) is 13.9. The Labute approximate surface area is 173 Å². The third-order valence-electron chi connectivity index (χ3n) is 5.22. The van der Waals surface area contributed by atoms with Gasteiger partial charge in [0.2, 0.25) is 0 Å². The largest absolute Gasteiger partial charge is 0.278 e. The van der Waals surface area contributed by atoms with Crippen LogP contribution in [0, 0.1) is 13.8 Å². The molecule has 0 amide bonds. The molecule has 0 saturated heterocycles. The van der Waals surface area contributed by atoms with E-state index in [2.05, 4.69) is 116 Å². The predicted octanol–water partition coefficient (Wildman–Crippen LogP) is 6.52. The molecule has 4 aromatic rings. The average Bonchev–Trinajstić information content (AvgIpc) is 3.14. The molecule has 0 atom stereocenters. The first kappa shape index (κ1) is 19.1. The molecule has 3 aromatic carbocycles. The fourth-order valence-corrected chi connectivity index (χ4v) is 3.80. The Bertz CT molecular complexity index is 1130. The number of hydrogen-bond donors (Lipinski definition) is 0. The van der Waals surface area contributed by atoms with E-state index in [4.69, 9.17) is 0 Å². The molecule has 4 rings (SSSR count). The van der Waals surface area contributed by atoms with Gasteiger partial charge in [-0.3, -0.25) is 4.57 Å². The van der Waals surface area contributed by atoms with Crippen LogP contribution in [0.3, 0.4) is 0 Å². The molecule has 0 aliphatic rings. The molecule has 0 bridgehead atoms. The number of nitrogens with zero attached hydrogens (tertiary/aromatic N) is 3. The maximum absolute atomic E-state index is 4.66. The summed E-state index contributed by atoms with van der Waals surface area (Å²) in [5.41, 5.74) is 6.92. The van der Waals surface area contributed by atoms with Crippen LogP contribution in [0.15, 0.2) is 72.8 Å². The number of rotatable bonds is 3. The molecule has 0 saturated carbocycles. The van der Waals surface area contributed by atoms with Crippen LogP contribution in [-0.4, -0.2) is 14.8 Å². The van der Waals surface area contributed by atoms with E-state index in [0.29, 0.717) is 0 Å². The molecule has 0 unspecified atom stereocenters. The summed E-state index contributed by atoms with van der Waals surface area (Å²) in [6.45, 7) is 10.9. The van der Waals surface area contributed by atoms with Gasteiger partial charge in [0, 0.05) is 11.0 Å². The Hall–Kier alpha value is -3.20. The average molecular weight is 382 g/mol. The molecule has 1 aromatic heterocycles. The maximum Gasteiger partial charge on any atom is 0.168 e. The van der Waals surface area contributed by atoms with Gasteiger partial charge < -0.3 is 0 Å². The van der Waals surface area contributed by atoms with Crippen molar-refractivity contribution in [2.75, 3.05) is 0 Å². The lowest BCUT2D eigenvalue weighted by Gasteiger charge is -2.22. The second kappa shape index (κ2) is 7.32. The van der Waals surface area contributed by atoms with Gasteiger partial charge >= 0.3 is 0 Å². The van der Waals surface area contributed by atoms with Gasteiger partial charge in [0.15, 0.2) is 5.82 Å². The molecule has 0 fully saturated rings. The Kier molecular flexibility index (Phi) is 4.83. The van der Waals surface area contributed by atoms with Crippen molar-refractivity contribution in [3.63, 3.8) is 0 Å². The minimum Gasteiger partial charge on any atom is -0.278 e. The summed E-state index contributed by atoms with van der Waals surface area (Å²) in [7, 11) is 0. The minimum atomic E-state index is -0.128. The van der Waals surface area contributed by atoms with Crippen molar-refractivity contribution in [3.8, 4) is 28.2 Å². The molecule has 3 nitrogen and oxygen atoms in total. The van der Waals surface area contributed by atoms with Crippen LogP contribution in [0.25, 0.3) is 28.2 Å². The molecule has 0 aliphatic heterocycles. The zero-order valence-corrected chi connectivity index (χ0v) is 17.8. The summed E-state index contributed by atoms with van der Waals surface area (Å²) >= 11 is 0. The van der Waals surface area contributed by atoms with Crippen LogP contribution in [0.5, 0.6) is 0 Å². The summed E-state index contributed by atoms with van der Waals surface area (Å²) in [6.07, 6.45) is 0. The van der Waals surface area contributed by atoms with Crippen molar-refractivity contribution in [2.45, 2.75) is 40.0 Å². The van der Waals surface area contributed by atoms with E-state index in [0.717, 1.165) is 17.2 Å². The molecular weight excluding hydrogens is 354 g/mol. The van der Waals surface area contributed by atoms with Crippen LogP contribution < -0.4 is 0 Å². The van der Waals surface area contributed by atoms with Gasteiger partial charge in [0.1, 0.15) is 5.82 Å². The summed E-state index contributed by atoms with van der Waals surface area (Å²) in [4.78, 5) is 0. The highest BCUT2D eigenvalue weighted by molar-refractivity contribution is 5.71. The number of hydrogen-bond acceptors (Lipinski definition) is 2. The molecule has 0 N–H and O–H groups in total. The minimum absolute atomic E-state index is 0.128. The standard InChI is InChI=1S/C26H27N3/c1-18-11-9-12-19(2)23(18)29-24(27-28-25(29)26(3,4)5)22-16-10-15-21(17-22)20-13-7-6-8-14-20/h6-17H,1-5H3. The van der Waals surface area contributed by atoms with Crippen LogP contribution in [0.1, 0.15) is 37.7 Å². The van der Waals surface area contributed by atoms with Crippen LogP contribution in [-0.2, 0) is 5.41 Å². The van der Waals surface area contributed by atoms with Crippen LogP contribution >= 0.6 is 0 Å². The topological polar surface area (TPSA) is 30.7 Å². The summed E-state index contributed by atoms with van der Waals surface area (Å²) in [5.74, 6) is 1.85. The van der Waals surface area contributed by atoms with Crippen molar-refractivity contribution in [3.05, 3.63) is 89.7 Å². The lowest BCUT2D eigenvalue weighted by molar-refractivity contribution is 0.533. The van der Waals surface area contributed by atoms with Crippen molar-refractivity contribution in [1.29, 1.82) is 0 Å². The monoisotopic (exact) mass is 381 g/mol. The van der Waals surface area contributed by atoms with Gasteiger partial charge in [-0.2, -0.15) is 0 Å². The first-order valence-corrected chi connectivity index (χ1v) is 10.0. The molecule has 29 heavy (non-hydrogen) atoms. The van der Waals surface area contributed by atoms with Crippen molar-refractivity contribution < 1.29 is 0 Å². The molecule has 1 heterocycles. The quantitative estimate of drug-likeness (QED) is 0.405. The lowest BCUT2D eigenvalue weighted by atomic mass is 9.94. The van der Waals surface area contributed by atoms with E-state index in [1.807, 2.05) is 6.07 Å². The number of benzene rings is 3. The predicted molar refractivity (Wildman–Crippen MR) is 120 cm³/mol. The fraction of sp³-hybridized carbons (Fsp3) is 0.231. The number of aryl methyl sites for hydroxylation is 2. The SMILES string of the molecule is Cc1cccc(C)c1-n1c(-c2cccc(-c3ccccc3)c2)nnc1C(C)(C)C. The molecule has 0 spiro atoms. The van der Waals surface area contributed by atoms with Crippen molar-refractivity contribution >= 4 is 0 Å². The Balaban J connectivity index is 1.96. The van der Waals surface area contributed by atoms with Gasteiger partial charge in [-0.05, 0) is 42.2 Å². The Morgan fingerprint density at radius 2 is 1.24 bits per heavy atom. The van der Waals surface area contributed by atoms with Crippen molar-refractivity contribution in [2.24, 2.45) is 0 Å². The normalized spacial score (nSPS) is 11.6. The van der Waals surface area contributed by atoms with Crippen molar-refractivity contribution in [1.82, 2.24) is 14.8 Å². The maximum atomic E-state index is 4.66. The molecule has 0 aliphatic carbocycles. The third-order valence-corrected chi connectivity index (χ3v) is 5.22. The zero-order valence-electron chi connectivity index (χ0n) is 17.8. The fourth-order valence-electron chi connectivity index (χ4n) is 3.80. The zero-order chi connectivity index (χ0) is 20.6. The van der Waals surface area contributed by atoms with Gasteiger partial charge in [-0.25, -0.2) is 0 Å². The Morgan fingerprint density at radius 3 is 1.90 bits per heavy atom. The van der Waals surface area contributed by atoms with E-state index in [1.54, 1.807) is 0 Å². The summed E-state index contributed by atoms with van der Waals surface area (Å²) < 4.78 is 2.24. The third kappa shape index (κ3) is 3.61. The second-order valence-corrected chi connectivity index (χ2v) is 8.62. The molecule has 3 heteroatoms. The van der Waals surface area contributed by atoms with E-state index in [1.165, 1.54) is 27.9 Å². The molecule has 0 radical (unpaired) electrons. The lowest BCUT2D eigenvalue weighted by Crippen LogP contribution is -2.19. The smallest absolute Gasteiger partial charge is 0.168 e. The Morgan fingerprint density at radius 1 is 0.655 bits per heavy atom. The highest BCUT2D eigenvalue weighted by Gasteiger charge is 2.27. The molecule has 146 valence electrons. The summed E-state index contributed by atoms with van der Waals surface area (Å²) in [5, 5.41) is 9.30. The van der Waals surface area contributed by atoms with Gasteiger partial charge in [0.25, 0.3) is 0 Å². The van der Waals surface area contributed by atoms with E-state index in [-0.39, 0.29) is 5.41 Å². The second-order valence-electron chi connectivity index (χ2n) is 8.62. The highest BCUT2D eigenvalue weighted by atomic mass is 15.3. The first-order valence-electron chi connectivity index (χ1n) is 10.0. The van der Waals surface area contributed by atoms with Gasteiger partial charge in [-0.1, -0.05) is 87.5 Å². The van der Waals surface area contributed by atoms with E-state index in [9.17, 15) is 0 Å². The highest BCUT2D eigenvalue weighted by Crippen LogP contribution is 2.33.